The molecule has 0 amide bonds. The molecule has 0 heterocycles. The number of ether oxygens (including phenoxy) is 1. The van der Waals surface area contributed by atoms with E-state index < -0.39 is 11.7 Å². The summed E-state index contributed by atoms with van der Waals surface area (Å²) >= 11 is 0. The molecule has 84 valence electrons. The standard InChI is InChI=1S/C10H12F3NO/c1-6-3-7(15-2)4-9(8(6)5-14)10(11,12)13/h3-4H,5,14H2,1-2H3. The molecule has 0 fully saturated rings. The van der Waals surface area contributed by atoms with Crippen molar-refractivity contribution in [3.8, 4) is 5.75 Å². The zero-order chi connectivity index (χ0) is 11.6. The van der Waals surface area contributed by atoms with Gasteiger partial charge in [0.15, 0.2) is 0 Å². The Kier molecular flexibility index (Phi) is 3.24. The van der Waals surface area contributed by atoms with Crippen LogP contribution in [0.15, 0.2) is 12.1 Å². The summed E-state index contributed by atoms with van der Waals surface area (Å²) in [5.74, 6) is 0.192. The second kappa shape index (κ2) is 4.10. The number of nitrogens with two attached hydrogens (primary N) is 1. The molecule has 0 saturated heterocycles. The third kappa shape index (κ3) is 2.41. The van der Waals surface area contributed by atoms with Crippen LogP contribution in [0.1, 0.15) is 16.7 Å². The van der Waals surface area contributed by atoms with Crippen molar-refractivity contribution >= 4 is 0 Å². The number of alkyl halides is 3. The number of rotatable bonds is 2. The lowest BCUT2D eigenvalue weighted by Gasteiger charge is -2.15. The Morgan fingerprint density at radius 2 is 1.93 bits per heavy atom. The highest BCUT2D eigenvalue weighted by Gasteiger charge is 2.34. The van der Waals surface area contributed by atoms with Gasteiger partial charge in [-0.25, -0.2) is 0 Å². The highest BCUT2D eigenvalue weighted by atomic mass is 19.4. The van der Waals surface area contributed by atoms with Gasteiger partial charge in [-0.15, -0.1) is 0 Å². The molecule has 1 rings (SSSR count). The van der Waals surface area contributed by atoms with Gasteiger partial charge < -0.3 is 10.5 Å². The monoisotopic (exact) mass is 219 g/mol. The van der Waals surface area contributed by atoms with E-state index in [-0.39, 0.29) is 17.9 Å². The molecule has 0 bridgehead atoms. The van der Waals surface area contributed by atoms with Crippen LogP contribution in [0.2, 0.25) is 0 Å². The maximum absolute atomic E-state index is 12.6. The lowest BCUT2D eigenvalue weighted by Crippen LogP contribution is -2.13. The summed E-state index contributed by atoms with van der Waals surface area (Å²) in [5, 5.41) is 0. The number of hydrogen-bond acceptors (Lipinski definition) is 2. The Morgan fingerprint density at radius 1 is 1.33 bits per heavy atom. The summed E-state index contributed by atoms with van der Waals surface area (Å²) in [6, 6.07) is 2.51. The number of halogens is 3. The van der Waals surface area contributed by atoms with Gasteiger partial charge in [-0.1, -0.05) is 0 Å². The second-order valence-corrected chi connectivity index (χ2v) is 3.17. The molecule has 2 N–H and O–H groups in total. The van der Waals surface area contributed by atoms with Crippen molar-refractivity contribution in [1.82, 2.24) is 0 Å². The van der Waals surface area contributed by atoms with Crippen LogP contribution < -0.4 is 10.5 Å². The van der Waals surface area contributed by atoms with Crippen molar-refractivity contribution in [2.75, 3.05) is 7.11 Å². The lowest BCUT2D eigenvalue weighted by atomic mass is 10.0. The van der Waals surface area contributed by atoms with Crippen molar-refractivity contribution in [2.45, 2.75) is 19.6 Å². The van der Waals surface area contributed by atoms with Crippen LogP contribution in [0, 0.1) is 6.92 Å². The van der Waals surface area contributed by atoms with Crippen LogP contribution in [-0.2, 0) is 12.7 Å². The van der Waals surface area contributed by atoms with E-state index in [0.717, 1.165) is 6.07 Å². The van der Waals surface area contributed by atoms with Gasteiger partial charge in [-0.3, -0.25) is 0 Å². The molecule has 15 heavy (non-hydrogen) atoms. The molecule has 0 spiro atoms. The van der Waals surface area contributed by atoms with Gasteiger partial charge in [0.25, 0.3) is 0 Å². The normalized spacial score (nSPS) is 11.6. The van der Waals surface area contributed by atoms with E-state index in [1.807, 2.05) is 0 Å². The van der Waals surface area contributed by atoms with Gasteiger partial charge in [0.2, 0.25) is 0 Å². The van der Waals surface area contributed by atoms with Crippen molar-refractivity contribution in [1.29, 1.82) is 0 Å². The van der Waals surface area contributed by atoms with Gasteiger partial charge in [-0.2, -0.15) is 13.2 Å². The molecular formula is C10H12F3NO. The van der Waals surface area contributed by atoms with Crippen LogP contribution in [0.5, 0.6) is 5.75 Å². The quantitative estimate of drug-likeness (QED) is 0.829. The minimum Gasteiger partial charge on any atom is -0.497 e. The van der Waals surface area contributed by atoms with Gasteiger partial charge in [-0.05, 0) is 30.2 Å². The summed E-state index contributed by atoms with van der Waals surface area (Å²) in [6.45, 7) is 1.45. The van der Waals surface area contributed by atoms with E-state index in [1.165, 1.54) is 13.2 Å². The number of benzene rings is 1. The van der Waals surface area contributed by atoms with Crippen LogP contribution in [0.3, 0.4) is 0 Å². The predicted octanol–water partition coefficient (Wildman–Crippen LogP) is 2.48. The number of hydrogen-bond donors (Lipinski definition) is 1. The summed E-state index contributed by atoms with van der Waals surface area (Å²) < 4.78 is 42.7. The van der Waals surface area contributed by atoms with E-state index in [0.29, 0.717) is 5.56 Å². The molecule has 0 aliphatic carbocycles. The number of aryl methyl sites for hydroxylation is 1. The first-order chi connectivity index (χ1) is 6.90. The molecular weight excluding hydrogens is 207 g/mol. The Balaban J connectivity index is 3.39. The number of methoxy groups -OCH3 is 1. The van der Waals surface area contributed by atoms with Crippen LogP contribution >= 0.6 is 0 Å². The van der Waals surface area contributed by atoms with Crippen LogP contribution in [0.4, 0.5) is 13.2 Å². The topological polar surface area (TPSA) is 35.2 Å². The van der Waals surface area contributed by atoms with E-state index in [1.54, 1.807) is 6.92 Å². The summed E-state index contributed by atoms with van der Waals surface area (Å²) in [5.41, 5.74) is 5.18. The highest BCUT2D eigenvalue weighted by Crippen LogP contribution is 2.35. The molecule has 1 aromatic carbocycles. The van der Waals surface area contributed by atoms with Gasteiger partial charge in [0.1, 0.15) is 5.75 Å². The third-order valence-corrected chi connectivity index (χ3v) is 2.19. The van der Waals surface area contributed by atoms with Crippen molar-refractivity contribution < 1.29 is 17.9 Å². The van der Waals surface area contributed by atoms with Crippen LogP contribution in [0.25, 0.3) is 0 Å². The predicted molar refractivity (Wildman–Crippen MR) is 50.6 cm³/mol. The zero-order valence-electron chi connectivity index (χ0n) is 8.48. The molecule has 0 aliphatic heterocycles. The van der Waals surface area contributed by atoms with Crippen molar-refractivity contribution in [3.05, 3.63) is 28.8 Å². The zero-order valence-corrected chi connectivity index (χ0v) is 8.48. The average molecular weight is 219 g/mol. The molecule has 0 unspecified atom stereocenters. The van der Waals surface area contributed by atoms with E-state index in [4.69, 9.17) is 10.5 Å². The molecule has 0 radical (unpaired) electrons. The van der Waals surface area contributed by atoms with Gasteiger partial charge >= 0.3 is 6.18 Å². The Bertz CT molecular complexity index is 360. The largest absolute Gasteiger partial charge is 0.497 e. The van der Waals surface area contributed by atoms with E-state index in [9.17, 15) is 13.2 Å². The Morgan fingerprint density at radius 3 is 2.33 bits per heavy atom. The fourth-order valence-corrected chi connectivity index (χ4v) is 1.43. The van der Waals surface area contributed by atoms with E-state index >= 15 is 0 Å². The third-order valence-electron chi connectivity index (χ3n) is 2.19. The summed E-state index contributed by atoms with van der Waals surface area (Å²) in [6.07, 6.45) is -4.39. The SMILES string of the molecule is COc1cc(C)c(CN)c(C(F)(F)F)c1. The van der Waals surface area contributed by atoms with Gasteiger partial charge in [0.05, 0.1) is 12.7 Å². The molecule has 0 aliphatic rings. The van der Waals surface area contributed by atoms with E-state index in [2.05, 4.69) is 0 Å². The second-order valence-electron chi connectivity index (χ2n) is 3.17. The first-order valence-electron chi connectivity index (χ1n) is 4.35. The highest BCUT2D eigenvalue weighted by molar-refractivity contribution is 5.43. The van der Waals surface area contributed by atoms with Crippen molar-refractivity contribution in [2.24, 2.45) is 5.73 Å². The Hall–Kier alpha value is -1.23. The molecule has 0 aromatic heterocycles. The van der Waals surface area contributed by atoms with Crippen molar-refractivity contribution in [3.63, 3.8) is 0 Å². The Labute approximate surface area is 85.8 Å². The fraction of sp³-hybridized carbons (Fsp3) is 0.400. The van der Waals surface area contributed by atoms with Crippen LogP contribution in [-0.4, -0.2) is 7.11 Å². The molecule has 5 heteroatoms. The maximum atomic E-state index is 12.6. The summed E-state index contributed by atoms with van der Waals surface area (Å²) in [7, 11) is 1.33. The average Bonchev–Trinajstić information content (AvgIpc) is 2.15. The lowest BCUT2D eigenvalue weighted by molar-refractivity contribution is -0.138. The first kappa shape index (κ1) is 11.8. The molecule has 2 nitrogen and oxygen atoms in total. The molecule has 1 aromatic rings. The minimum atomic E-state index is -4.39. The molecule has 0 atom stereocenters. The minimum absolute atomic E-state index is 0.114. The maximum Gasteiger partial charge on any atom is 0.416 e. The smallest absolute Gasteiger partial charge is 0.416 e. The fourth-order valence-electron chi connectivity index (χ4n) is 1.43. The molecule has 0 saturated carbocycles. The summed E-state index contributed by atoms with van der Waals surface area (Å²) in [4.78, 5) is 0. The van der Waals surface area contributed by atoms with Gasteiger partial charge in [0, 0.05) is 6.54 Å². The first-order valence-corrected chi connectivity index (χ1v) is 4.35.